The van der Waals surface area contributed by atoms with Crippen LogP contribution in [0, 0.1) is 0 Å². The molecule has 0 N–H and O–H groups in total. The van der Waals surface area contributed by atoms with Gasteiger partial charge in [-0.05, 0) is 40.7 Å². The van der Waals surface area contributed by atoms with Crippen LogP contribution in [0.1, 0.15) is 60.7 Å². The molecule has 0 unspecified atom stereocenters. The Morgan fingerprint density at radius 3 is 2.19 bits per heavy atom. The summed E-state index contributed by atoms with van der Waals surface area (Å²) >= 11 is 0. The first-order valence-electron chi connectivity index (χ1n) is 9.46. The molecule has 0 bridgehead atoms. The van der Waals surface area contributed by atoms with Gasteiger partial charge in [0.15, 0.2) is 0 Å². The molecule has 4 heteroatoms. The van der Waals surface area contributed by atoms with Crippen LogP contribution >= 0.6 is 0 Å². The fourth-order valence-corrected chi connectivity index (χ4v) is 3.17. The number of likely N-dealkylation sites (tertiary alicyclic amines) is 1. The average molecular weight is 365 g/mol. The topological polar surface area (TPSA) is 46.6 Å². The lowest BCUT2D eigenvalue weighted by molar-refractivity contribution is -0.128. The second-order valence-corrected chi connectivity index (χ2v) is 8.14. The Morgan fingerprint density at radius 2 is 1.63 bits per heavy atom. The summed E-state index contributed by atoms with van der Waals surface area (Å²) < 4.78 is 5.43. The predicted molar refractivity (Wildman–Crippen MR) is 105 cm³/mol. The van der Waals surface area contributed by atoms with E-state index in [0.29, 0.717) is 18.5 Å². The maximum absolute atomic E-state index is 12.3. The SMILES string of the molecule is CC(C)(C)c1ccc(COC(=O)c2ccc(CN3CCCC3=O)cc2)cc1. The third kappa shape index (κ3) is 4.97. The zero-order chi connectivity index (χ0) is 19.4. The van der Waals surface area contributed by atoms with Gasteiger partial charge in [-0.2, -0.15) is 0 Å². The van der Waals surface area contributed by atoms with Gasteiger partial charge < -0.3 is 9.64 Å². The minimum absolute atomic E-state index is 0.108. The molecule has 0 atom stereocenters. The molecule has 0 aromatic heterocycles. The van der Waals surface area contributed by atoms with E-state index in [9.17, 15) is 9.59 Å². The smallest absolute Gasteiger partial charge is 0.338 e. The molecule has 0 radical (unpaired) electrons. The van der Waals surface area contributed by atoms with E-state index in [0.717, 1.165) is 24.1 Å². The maximum atomic E-state index is 12.3. The molecule has 0 aliphatic carbocycles. The van der Waals surface area contributed by atoms with Crippen molar-refractivity contribution in [3.8, 4) is 0 Å². The molecule has 1 aliphatic rings. The van der Waals surface area contributed by atoms with Crippen molar-refractivity contribution in [3.05, 3.63) is 70.8 Å². The number of hydrogen-bond acceptors (Lipinski definition) is 3. The van der Waals surface area contributed by atoms with Crippen LogP contribution in [0.3, 0.4) is 0 Å². The second kappa shape index (κ2) is 7.95. The van der Waals surface area contributed by atoms with E-state index in [1.165, 1.54) is 5.56 Å². The van der Waals surface area contributed by atoms with Gasteiger partial charge in [-0.15, -0.1) is 0 Å². The Labute approximate surface area is 161 Å². The minimum atomic E-state index is -0.335. The highest BCUT2D eigenvalue weighted by Crippen LogP contribution is 2.22. The van der Waals surface area contributed by atoms with E-state index in [1.807, 2.05) is 29.2 Å². The highest BCUT2D eigenvalue weighted by molar-refractivity contribution is 5.89. The van der Waals surface area contributed by atoms with Gasteiger partial charge in [0.05, 0.1) is 5.56 Å². The van der Waals surface area contributed by atoms with Gasteiger partial charge in [-0.3, -0.25) is 4.79 Å². The van der Waals surface area contributed by atoms with Crippen molar-refractivity contribution in [3.63, 3.8) is 0 Å². The summed E-state index contributed by atoms with van der Waals surface area (Å²) in [4.78, 5) is 25.8. The molecule has 0 spiro atoms. The summed E-state index contributed by atoms with van der Waals surface area (Å²) in [6.07, 6.45) is 1.57. The van der Waals surface area contributed by atoms with Crippen molar-refractivity contribution in [2.45, 2.75) is 52.2 Å². The van der Waals surface area contributed by atoms with Crippen molar-refractivity contribution >= 4 is 11.9 Å². The Balaban J connectivity index is 1.54. The zero-order valence-corrected chi connectivity index (χ0v) is 16.3. The molecule has 1 heterocycles. The average Bonchev–Trinajstić information content (AvgIpc) is 3.04. The molecule has 0 saturated carbocycles. The molecule has 1 saturated heterocycles. The van der Waals surface area contributed by atoms with Crippen molar-refractivity contribution in [2.75, 3.05) is 6.54 Å². The number of carbonyl (C=O) groups is 2. The molecule has 1 fully saturated rings. The summed E-state index contributed by atoms with van der Waals surface area (Å²) in [5, 5.41) is 0. The number of nitrogens with zero attached hydrogens (tertiary/aromatic N) is 1. The number of esters is 1. The van der Waals surface area contributed by atoms with Gasteiger partial charge >= 0.3 is 5.97 Å². The van der Waals surface area contributed by atoms with Crippen molar-refractivity contribution in [2.24, 2.45) is 0 Å². The summed E-state index contributed by atoms with van der Waals surface area (Å²) in [6, 6.07) is 15.5. The molecule has 4 nitrogen and oxygen atoms in total. The monoisotopic (exact) mass is 365 g/mol. The molecule has 142 valence electrons. The van der Waals surface area contributed by atoms with Gasteiger partial charge in [-0.25, -0.2) is 4.79 Å². The molecular weight excluding hydrogens is 338 g/mol. The van der Waals surface area contributed by atoms with E-state index in [4.69, 9.17) is 4.74 Å². The predicted octanol–water partition coefficient (Wildman–Crippen LogP) is 4.46. The van der Waals surface area contributed by atoms with Crippen molar-refractivity contribution in [1.82, 2.24) is 4.90 Å². The van der Waals surface area contributed by atoms with Crippen molar-refractivity contribution in [1.29, 1.82) is 0 Å². The van der Waals surface area contributed by atoms with Crippen molar-refractivity contribution < 1.29 is 14.3 Å². The standard InChI is InChI=1S/C23H27NO3/c1-23(2,3)20-12-8-18(9-13-20)16-27-22(26)19-10-6-17(7-11-19)15-24-14-4-5-21(24)25/h6-13H,4-5,14-16H2,1-3H3. The van der Waals surface area contributed by atoms with Gasteiger partial charge in [0.1, 0.15) is 6.61 Å². The molecule has 2 aromatic carbocycles. The van der Waals surface area contributed by atoms with Gasteiger partial charge in [0.25, 0.3) is 0 Å². The Hall–Kier alpha value is -2.62. The van der Waals surface area contributed by atoms with Crippen LogP contribution in [0.25, 0.3) is 0 Å². The van der Waals surface area contributed by atoms with Crippen LogP contribution in [-0.2, 0) is 28.1 Å². The van der Waals surface area contributed by atoms with Gasteiger partial charge in [-0.1, -0.05) is 57.2 Å². The number of amides is 1. The highest BCUT2D eigenvalue weighted by atomic mass is 16.5. The summed E-state index contributed by atoms with van der Waals surface area (Å²) in [5.74, 6) is -0.130. The summed E-state index contributed by atoms with van der Waals surface area (Å²) in [6.45, 7) is 8.19. The number of benzene rings is 2. The number of carbonyl (C=O) groups excluding carboxylic acids is 2. The van der Waals surface area contributed by atoms with E-state index >= 15 is 0 Å². The van der Waals surface area contributed by atoms with Gasteiger partial charge in [0.2, 0.25) is 5.91 Å². The first-order chi connectivity index (χ1) is 12.8. The maximum Gasteiger partial charge on any atom is 0.338 e. The Kier molecular flexibility index (Phi) is 5.64. The Morgan fingerprint density at radius 1 is 1.00 bits per heavy atom. The molecule has 1 aliphatic heterocycles. The number of hydrogen-bond donors (Lipinski definition) is 0. The van der Waals surface area contributed by atoms with Crippen LogP contribution in [-0.4, -0.2) is 23.3 Å². The lowest BCUT2D eigenvalue weighted by Crippen LogP contribution is -2.23. The molecule has 27 heavy (non-hydrogen) atoms. The molecule has 2 aromatic rings. The van der Waals surface area contributed by atoms with Crippen LogP contribution in [0.15, 0.2) is 48.5 Å². The van der Waals surface area contributed by atoms with E-state index < -0.39 is 0 Å². The van der Waals surface area contributed by atoms with E-state index in [2.05, 4.69) is 32.9 Å². The van der Waals surface area contributed by atoms with Crippen LogP contribution in [0.5, 0.6) is 0 Å². The third-order valence-electron chi connectivity index (χ3n) is 4.92. The van der Waals surface area contributed by atoms with E-state index in [1.54, 1.807) is 12.1 Å². The largest absolute Gasteiger partial charge is 0.457 e. The lowest BCUT2D eigenvalue weighted by Gasteiger charge is -2.19. The first-order valence-corrected chi connectivity index (χ1v) is 9.46. The number of ether oxygens (including phenoxy) is 1. The van der Waals surface area contributed by atoms with Crippen LogP contribution in [0.4, 0.5) is 0 Å². The zero-order valence-electron chi connectivity index (χ0n) is 16.3. The van der Waals surface area contributed by atoms with E-state index in [-0.39, 0.29) is 23.9 Å². The molecule has 3 rings (SSSR count). The Bertz CT molecular complexity index is 801. The second-order valence-electron chi connectivity index (χ2n) is 8.14. The fourth-order valence-electron chi connectivity index (χ4n) is 3.17. The summed E-state index contributed by atoms with van der Waals surface area (Å²) in [7, 11) is 0. The third-order valence-corrected chi connectivity index (χ3v) is 4.92. The van der Waals surface area contributed by atoms with Gasteiger partial charge in [0, 0.05) is 19.5 Å². The lowest BCUT2D eigenvalue weighted by atomic mass is 9.87. The highest BCUT2D eigenvalue weighted by Gasteiger charge is 2.20. The first kappa shape index (κ1) is 19.2. The van der Waals surface area contributed by atoms with Crippen LogP contribution < -0.4 is 0 Å². The molecule has 1 amide bonds. The quantitative estimate of drug-likeness (QED) is 0.735. The summed E-state index contributed by atoms with van der Waals surface area (Å²) in [5.41, 5.74) is 3.89. The van der Waals surface area contributed by atoms with Crippen LogP contribution in [0.2, 0.25) is 0 Å². The fraction of sp³-hybridized carbons (Fsp3) is 0.391. The molecular formula is C23H27NO3. The normalized spacial score (nSPS) is 14.5. The minimum Gasteiger partial charge on any atom is -0.457 e. The number of rotatable bonds is 5.